The maximum atomic E-state index is 6.87. The van der Waals surface area contributed by atoms with Crippen LogP contribution in [0, 0.1) is 0 Å². The molecule has 0 fully saturated rings. The summed E-state index contributed by atoms with van der Waals surface area (Å²) in [7, 11) is 0. The van der Waals surface area contributed by atoms with Crippen molar-refractivity contribution in [3.05, 3.63) is 146 Å². The fourth-order valence-corrected chi connectivity index (χ4v) is 8.16. The van der Waals surface area contributed by atoms with Crippen LogP contribution in [0.3, 0.4) is 0 Å². The Bertz CT molecular complexity index is 2810. The second-order valence-corrected chi connectivity index (χ2v) is 12.7. The van der Waals surface area contributed by atoms with E-state index in [1.807, 2.05) is 6.07 Å². The minimum Gasteiger partial charge on any atom is -0.455 e. The Hall–Kier alpha value is -5.84. The number of furan rings is 1. The quantitative estimate of drug-likeness (QED) is 0.201. The van der Waals surface area contributed by atoms with Gasteiger partial charge in [0.15, 0.2) is 5.82 Å². The normalized spacial score (nSPS) is 11.9. The van der Waals surface area contributed by atoms with Crippen LogP contribution >= 0.6 is 11.3 Å². The lowest BCUT2D eigenvalue weighted by Crippen LogP contribution is -1.94. The molecule has 0 N–H and O–H groups in total. The summed E-state index contributed by atoms with van der Waals surface area (Å²) in [6.45, 7) is 0. The van der Waals surface area contributed by atoms with E-state index < -0.39 is 0 Å². The maximum absolute atomic E-state index is 6.87. The van der Waals surface area contributed by atoms with Gasteiger partial charge in [0.1, 0.15) is 11.2 Å². The van der Waals surface area contributed by atoms with Gasteiger partial charge in [-0.3, -0.25) is 0 Å². The van der Waals surface area contributed by atoms with Crippen LogP contribution in [0.5, 0.6) is 0 Å². The predicted molar refractivity (Wildman–Crippen MR) is 194 cm³/mol. The van der Waals surface area contributed by atoms with Crippen molar-refractivity contribution in [2.75, 3.05) is 0 Å². The van der Waals surface area contributed by atoms with Crippen LogP contribution in [0.1, 0.15) is 0 Å². The first-order valence-corrected chi connectivity index (χ1v) is 16.2. The molecule has 0 aliphatic carbocycles. The smallest absolute Gasteiger partial charge is 0.164 e. The van der Waals surface area contributed by atoms with Gasteiger partial charge in [-0.2, -0.15) is 0 Å². The van der Waals surface area contributed by atoms with Gasteiger partial charge in [0.25, 0.3) is 0 Å². The molecule has 0 aliphatic heterocycles. The van der Waals surface area contributed by atoms with Crippen molar-refractivity contribution in [1.29, 1.82) is 0 Å². The molecular formula is C42H24N2OS. The fraction of sp³-hybridized carbons (Fsp3) is 0. The van der Waals surface area contributed by atoms with E-state index in [1.165, 1.54) is 31.8 Å². The Morgan fingerprint density at radius 3 is 2.04 bits per heavy atom. The molecule has 0 spiro atoms. The van der Waals surface area contributed by atoms with Crippen molar-refractivity contribution in [1.82, 2.24) is 9.97 Å². The summed E-state index contributed by atoms with van der Waals surface area (Å²) in [5.41, 5.74) is 7.83. The molecule has 7 aromatic carbocycles. The third-order valence-corrected chi connectivity index (χ3v) is 10.3. The van der Waals surface area contributed by atoms with Crippen LogP contribution in [0.25, 0.3) is 97.6 Å². The number of fused-ring (bicyclic) bond motifs is 9. The number of nitrogens with zero attached hydrogens (tertiary/aromatic N) is 2. The molecule has 3 aromatic heterocycles. The lowest BCUT2D eigenvalue weighted by Gasteiger charge is -2.12. The highest BCUT2D eigenvalue weighted by Gasteiger charge is 2.23. The number of hydrogen-bond acceptors (Lipinski definition) is 4. The van der Waals surface area contributed by atoms with Crippen LogP contribution in [0.4, 0.5) is 0 Å². The number of thiophene rings is 1. The van der Waals surface area contributed by atoms with E-state index in [2.05, 4.69) is 140 Å². The molecular weight excluding hydrogens is 581 g/mol. The van der Waals surface area contributed by atoms with E-state index in [-0.39, 0.29) is 0 Å². The highest BCUT2D eigenvalue weighted by atomic mass is 32.1. The number of benzene rings is 7. The standard InChI is InChI=1S/C42H24N2OS/c1-2-13-27(14-3-1)38-41-39(32-18-8-9-20-35(32)46-41)44-42(43-38)33-23-22-31(30-19-10-15-25-11-4-6-16-28(25)30)37-36-29-17-7-5-12-26(29)21-24-34(36)45-40(33)37/h1-24H. The first kappa shape index (κ1) is 25.5. The summed E-state index contributed by atoms with van der Waals surface area (Å²) in [4.78, 5) is 10.6. The van der Waals surface area contributed by atoms with Gasteiger partial charge in [0.2, 0.25) is 0 Å². The summed E-state index contributed by atoms with van der Waals surface area (Å²) < 4.78 is 9.16. The van der Waals surface area contributed by atoms with Gasteiger partial charge in [-0.1, -0.05) is 127 Å². The zero-order valence-electron chi connectivity index (χ0n) is 24.6. The molecule has 10 aromatic rings. The Morgan fingerprint density at radius 2 is 1.17 bits per heavy atom. The van der Waals surface area contributed by atoms with E-state index in [0.29, 0.717) is 5.82 Å². The average Bonchev–Trinajstić information content (AvgIpc) is 3.70. The van der Waals surface area contributed by atoms with E-state index in [0.717, 1.165) is 59.9 Å². The van der Waals surface area contributed by atoms with Crippen molar-refractivity contribution < 1.29 is 4.42 Å². The lowest BCUT2D eigenvalue weighted by atomic mass is 9.92. The topological polar surface area (TPSA) is 38.9 Å². The van der Waals surface area contributed by atoms with Gasteiger partial charge >= 0.3 is 0 Å². The molecule has 0 radical (unpaired) electrons. The molecule has 214 valence electrons. The van der Waals surface area contributed by atoms with Crippen LogP contribution in [-0.2, 0) is 0 Å². The van der Waals surface area contributed by atoms with E-state index >= 15 is 0 Å². The zero-order chi connectivity index (χ0) is 30.2. The van der Waals surface area contributed by atoms with Crippen molar-refractivity contribution in [3.63, 3.8) is 0 Å². The monoisotopic (exact) mass is 604 g/mol. The maximum Gasteiger partial charge on any atom is 0.164 e. The average molecular weight is 605 g/mol. The number of rotatable bonds is 3. The molecule has 3 nitrogen and oxygen atoms in total. The molecule has 10 rings (SSSR count). The van der Waals surface area contributed by atoms with Crippen LogP contribution in [-0.4, -0.2) is 9.97 Å². The second-order valence-electron chi connectivity index (χ2n) is 11.7. The molecule has 0 saturated carbocycles. The minimum atomic E-state index is 0.660. The fourth-order valence-electron chi connectivity index (χ4n) is 7.01. The number of aromatic nitrogens is 2. The third-order valence-electron chi connectivity index (χ3n) is 9.10. The second kappa shape index (κ2) is 9.83. The molecule has 4 heteroatoms. The highest BCUT2D eigenvalue weighted by molar-refractivity contribution is 7.26. The summed E-state index contributed by atoms with van der Waals surface area (Å²) in [5.74, 6) is 0.660. The largest absolute Gasteiger partial charge is 0.455 e. The molecule has 0 bridgehead atoms. The Balaban J connectivity index is 1.35. The zero-order valence-corrected chi connectivity index (χ0v) is 25.4. The molecule has 3 heterocycles. The van der Waals surface area contributed by atoms with Crippen molar-refractivity contribution in [2.24, 2.45) is 0 Å². The molecule has 0 aliphatic rings. The van der Waals surface area contributed by atoms with Crippen LogP contribution < -0.4 is 0 Å². The van der Waals surface area contributed by atoms with Gasteiger partial charge < -0.3 is 4.42 Å². The molecule has 0 unspecified atom stereocenters. The predicted octanol–water partition coefficient (Wildman–Crippen LogP) is 12.1. The lowest BCUT2D eigenvalue weighted by molar-refractivity contribution is 0.670. The Morgan fingerprint density at radius 1 is 0.478 bits per heavy atom. The molecule has 46 heavy (non-hydrogen) atoms. The first-order valence-electron chi connectivity index (χ1n) is 15.4. The Labute approximate surface area is 268 Å². The Kier molecular flexibility index (Phi) is 5.45. The van der Waals surface area contributed by atoms with E-state index in [1.54, 1.807) is 11.3 Å². The third kappa shape index (κ3) is 3.71. The van der Waals surface area contributed by atoms with E-state index in [4.69, 9.17) is 14.4 Å². The minimum absolute atomic E-state index is 0.660. The van der Waals surface area contributed by atoms with E-state index in [9.17, 15) is 0 Å². The van der Waals surface area contributed by atoms with Crippen LogP contribution in [0.2, 0.25) is 0 Å². The van der Waals surface area contributed by atoms with Crippen molar-refractivity contribution in [2.45, 2.75) is 0 Å². The first-order chi connectivity index (χ1) is 22.8. The number of hydrogen-bond donors (Lipinski definition) is 0. The molecule has 0 amide bonds. The van der Waals surface area contributed by atoms with Gasteiger partial charge in [-0.15, -0.1) is 11.3 Å². The van der Waals surface area contributed by atoms with Crippen molar-refractivity contribution in [3.8, 4) is 33.8 Å². The summed E-state index contributed by atoms with van der Waals surface area (Å²) >= 11 is 1.75. The van der Waals surface area contributed by atoms with Gasteiger partial charge in [-0.25, -0.2) is 9.97 Å². The molecule has 0 saturated heterocycles. The summed E-state index contributed by atoms with van der Waals surface area (Å²) in [6, 6.07) is 51.2. The SMILES string of the molecule is c1ccc(-c2nc(-c3ccc(-c4cccc5ccccc45)c4c3oc3ccc5ccccc5c34)nc3c2sc2ccccc23)cc1. The van der Waals surface area contributed by atoms with Crippen molar-refractivity contribution >= 4 is 75.1 Å². The summed E-state index contributed by atoms with van der Waals surface area (Å²) in [5, 5.41) is 8.11. The van der Waals surface area contributed by atoms with Crippen LogP contribution in [0.15, 0.2) is 150 Å². The highest BCUT2D eigenvalue weighted by Crippen LogP contribution is 2.46. The molecule has 0 atom stereocenters. The van der Waals surface area contributed by atoms with Gasteiger partial charge in [-0.05, 0) is 50.9 Å². The van der Waals surface area contributed by atoms with Gasteiger partial charge in [0.05, 0.1) is 21.5 Å². The summed E-state index contributed by atoms with van der Waals surface area (Å²) in [6.07, 6.45) is 0. The van der Waals surface area contributed by atoms with Gasteiger partial charge in [0, 0.05) is 26.4 Å².